The number of rotatable bonds is 10. The molecule has 0 radical (unpaired) electrons. The zero-order valence-electron chi connectivity index (χ0n) is 30.2. The topological polar surface area (TPSA) is 124 Å². The molecule has 1 aliphatic rings. The van der Waals surface area contributed by atoms with E-state index in [1.54, 1.807) is 39.0 Å². The Morgan fingerprint density at radius 2 is 1.43 bits per heavy atom. The lowest BCUT2D eigenvalue weighted by atomic mass is 10.0. The zero-order chi connectivity index (χ0) is 35.9. The molecule has 1 N–H and O–H groups in total. The molecule has 2 aromatic carbocycles. The van der Waals surface area contributed by atoms with Crippen molar-refractivity contribution in [2.75, 3.05) is 43.5 Å². The van der Waals surface area contributed by atoms with Gasteiger partial charge in [0.25, 0.3) is 0 Å². The van der Waals surface area contributed by atoms with Gasteiger partial charge in [0.2, 0.25) is 0 Å². The summed E-state index contributed by atoms with van der Waals surface area (Å²) < 4.78 is 23.2. The quantitative estimate of drug-likeness (QED) is 0.178. The molecule has 1 saturated heterocycles. The molecule has 1 amide bonds. The van der Waals surface area contributed by atoms with Crippen molar-refractivity contribution in [3.05, 3.63) is 60.3 Å². The maximum atomic E-state index is 13.4. The Kier molecular flexibility index (Phi) is 11.8. The lowest BCUT2D eigenvalue weighted by molar-refractivity contribution is -0.146. The summed E-state index contributed by atoms with van der Waals surface area (Å²) in [5, 5.41) is 7.83. The van der Waals surface area contributed by atoms with Gasteiger partial charge in [-0.15, -0.1) is 5.10 Å². The number of ether oxygens (including phenoxy) is 4. The number of nitrogens with one attached hydrogen (secondary N) is 1. The van der Waals surface area contributed by atoms with Gasteiger partial charge in [-0.25, -0.2) is 14.4 Å². The number of carbonyl (C=O) groups is 3. The van der Waals surface area contributed by atoms with E-state index in [4.69, 9.17) is 18.9 Å². The molecule has 12 heteroatoms. The van der Waals surface area contributed by atoms with Gasteiger partial charge in [0, 0.05) is 43.6 Å². The van der Waals surface area contributed by atoms with Crippen LogP contribution in [0.25, 0.3) is 11.1 Å². The number of nitrogens with zero attached hydrogens (tertiary/aromatic N) is 4. The minimum Gasteiger partial charge on any atom is -0.497 e. The third-order valence-corrected chi connectivity index (χ3v) is 7.61. The minimum atomic E-state index is -0.725. The fourth-order valence-electron chi connectivity index (χ4n) is 5.25. The molecule has 49 heavy (non-hydrogen) atoms. The van der Waals surface area contributed by atoms with Gasteiger partial charge in [-0.3, -0.25) is 0 Å². The molecular weight excluding hydrogens is 626 g/mol. The van der Waals surface area contributed by atoms with Crippen LogP contribution in [0, 0.1) is 5.92 Å². The van der Waals surface area contributed by atoms with Crippen molar-refractivity contribution in [2.24, 2.45) is 5.92 Å². The van der Waals surface area contributed by atoms with Crippen LogP contribution in [0.15, 0.2) is 54.7 Å². The molecule has 1 fully saturated rings. The van der Waals surface area contributed by atoms with Crippen molar-refractivity contribution >= 4 is 29.7 Å². The molecule has 1 aliphatic heterocycles. The van der Waals surface area contributed by atoms with Gasteiger partial charge in [0.1, 0.15) is 29.6 Å². The highest BCUT2D eigenvalue weighted by atomic mass is 16.6. The smallest absolute Gasteiger partial charge is 0.435 e. The summed E-state index contributed by atoms with van der Waals surface area (Å²) in [5.41, 5.74) is 1.99. The van der Waals surface area contributed by atoms with Crippen LogP contribution in [0.5, 0.6) is 5.75 Å². The lowest BCUT2D eigenvalue weighted by Gasteiger charge is -2.36. The molecule has 0 bridgehead atoms. The van der Waals surface area contributed by atoms with E-state index in [2.05, 4.69) is 15.3 Å². The fraction of sp³-hybridized carbons (Fsp3) is 0.514. The molecule has 0 aliphatic carbocycles. The van der Waals surface area contributed by atoms with Gasteiger partial charge >= 0.3 is 18.2 Å². The molecule has 0 saturated carbocycles. The van der Waals surface area contributed by atoms with E-state index in [0.29, 0.717) is 44.0 Å². The first-order valence-electron chi connectivity index (χ1n) is 16.7. The highest BCUT2D eigenvalue weighted by molar-refractivity contribution is 5.84. The number of benzene rings is 2. The minimum absolute atomic E-state index is 0.103. The van der Waals surface area contributed by atoms with E-state index < -0.39 is 29.3 Å². The number of esters is 1. The summed E-state index contributed by atoms with van der Waals surface area (Å²) >= 11 is 0. The molecule has 266 valence electrons. The zero-order valence-corrected chi connectivity index (χ0v) is 30.2. The fourth-order valence-corrected chi connectivity index (χ4v) is 5.25. The Bertz CT molecular complexity index is 1560. The van der Waals surface area contributed by atoms with Gasteiger partial charge in [-0.2, -0.15) is 4.68 Å². The predicted octanol–water partition coefficient (Wildman–Crippen LogP) is 6.97. The highest BCUT2D eigenvalue weighted by Crippen LogP contribution is 2.31. The van der Waals surface area contributed by atoms with Crippen LogP contribution < -0.4 is 15.0 Å². The molecule has 12 nitrogen and oxygen atoms in total. The Morgan fingerprint density at radius 1 is 0.837 bits per heavy atom. The summed E-state index contributed by atoms with van der Waals surface area (Å²) in [6, 6.07) is 14.5. The van der Waals surface area contributed by atoms with E-state index in [-0.39, 0.29) is 18.6 Å². The van der Waals surface area contributed by atoms with Crippen LogP contribution in [0.1, 0.15) is 67.4 Å². The molecule has 4 rings (SSSR count). The lowest BCUT2D eigenvalue weighted by Crippen LogP contribution is -2.50. The summed E-state index contributed by atoms with van der Waals surface area (Å²) in [6.45, 7) is 17.5. The molecule has 1 atom stereocenters. The van der Waals surface area contributed by atoms with Crippen molar-refractivity contribution in [1.82, 2.24) is 14.7 Å². The second kappa shape index (κ2) is 15.7. The normalized spacial score (nSPS) is 14.3. The molecule has 1 aromatic heterocycles. The SMILES string of the molecule is COc1ccc(COC(=O)[C@H](CC(C)C)Nc2nn(C(=O)OC(C)(C)C)cc2-c2ccc(N3CCN(C(=O)OC(C)(C)C)CC3)cc2)cc1. The van der Waals surface area contributed by atoms with Crippen LogP contribution in [-0.2, 0) is 25.6 Å². The van der Waals surface area contributed by atoms with Gasteiger partial charge in [0.05, 0.1) is 7.11 Å². The Labute approximate surface area is 289 Å². The van der Waals surface area contributed by atoms with Gasteiger partial charge in [0.15, 0.2) is 5.82 Å². The average Bonchev–Trinajstić information content (AvgIpc) is 3.46. The number of anilines is 2. The number of carbonyl (C=O) groups excluding carboxylic acids is 3. The van der Waals surface area contributed by atoms with Crippen LogP contribution in [0.3, 0.4) is 0 Å². The summed E-state index contributed by atoms with van der Waals surface area (Å²) in [6.07, 6.45) is 1.16. The third kappa shape index (κ3) is 10.9. The second-order valence-corrected chi connectivity index (χ2v) is 14.6. The first-order valence-corrected chi connectivity index (χ1v) is 16.7. The maximum Gasteiger partial charge on any atom is 0.435 e. The summed E-state index contributed by atoms with van der Waals surface area (Å²) in [7, 11) is 1.60. The maximum absolute atomic E-state index is 13.4. The van der Waals surface area contributed by atoms with Crippen molar-refractivity contribution in [1.29, 1.82) is 0 Å². The monoisotopic (exact) mass is 677 g/mol. The standard InChI is InChI=1S/C37H51N5O7/c1-25(2)22-31(33(43)47-24-26-10-16-29(46-9)17-11-26)38-32-30(23-42(39-32)35(45)49-37(6,7)8)27-12-14-28(15-13-27)40-18-20-41(21-19-40)34(44)48-36(3,4)5/h10-17,23,25,31H,18-22,24H2,1-9H3,(H,38,39)/t31-/m0/s1. The molecule has 2 heterocycles. The van der Waals surface area contributed by atoms with Gasteiger partial charge < -0.3 is 34.1 Å². The van der Waals surface area contributed by atoms with Gasteiger partial charge in [-0.05, 0) is 89.3 Å². The van der Waals surface area contributed by atoms with Crippen molar-refractivity contribution < 1.29 is 33.3 Å². The molecule has 0 spiro atoms. The average molecular weight is 678 g/mol. The Hall–Kier alpha value is -4.74. The van der Waals surface area contributed by atoms with E-state index in [1.165, 1.54) is 0 Å². The first-order chi connectivity index (χ1) is 23.0. The van der Waals surface area contributed by atoms with E-state index in [0.717, 1.165) is 27.2 Å². The number of hydrogen-bond acceptors (Lipinski definition) is 10. The van der Waals surface area contributed by atoms with Crippen molar-refractivity contribution in [3.63, 3.8) is 0 Å². The van der Waals surface area contributed by atoms with Crippen molar-refractivity contribution in [3.8, 4) is 16.9 Å². The van der Waals surface area contributed by atoms with Gasteiger partial charge in [-0.1, -0.05) is 38.1 Å². The summed E-state index contributed by atoms with van der Waals surface area (Å²) in [4.78, 5) is 43.0. The summed E-state index contributed by atoms with van der Waals surface area (Å²) in [5.74, 6) is 0.814. The number of hydrogen-bond donors (Lipinski definition) is 1. The van der Waals surface area contributed by atoms with E-state index >= 15 is 0 Å². The predicted molar refractivity (Wildman–Crippen MR) is 189 cm³/mol. The molecular formula is C37H51N5O7. The largest absolute Gasteiger partial charge is 0.497 e. The highest BCUT2D eigenvalue weighted by Gasteiger charge is 2.28. The first kappa shape index (κ1) is 37.1. The third-order valence-electron chi connectivity index (χ3n) is 7.61. The number of amides is 1. The van der Waals surface area contributed by atoms with E-state index in [1.807, 2.05) is 83.1 Å². The number of methoxy groups -OCH3 is 1. The Balaban J connectivity index is 1.54. The second-order valence-electron chi connectivity index (χ2n) is 14.6. The van der Waals surface area contributed by atoms with Crippen LogP contribution in [-0.4, -0.2) is 83.4 Å². The number of piperazine rings is 1. The van der Waals surface area contributed by atoms with Crippen LogP contribution >= 0.6 is 0 Å². The van der Waals surface area contributed by atoms with E-state index in [9.17, 15) is 14.4 Å². The van der Waals surface area contributed by atoms with Crippen molar-refractivity contribution in [2.45, 2.75) is 85.7 Å². The van der Waals surface area contributed by atoms with Crippen LogP contribution in [0.4, 0.5) is 21.1 Å². The molecule has 3 aromatic rings. The van der Waals surface area contributed by atoms with Crippen LogP contribution in [0.2, 0.25) is 0 Å². The molecule has 0 unspecified atom stereocenters. The Morgan fingerprint density at radius 3 is 1.98 bits per heavy atom. The number of aromatic nitrogens is 2.